The van der Waals surface area contributed by atoms with E-state index < -0.39 is 10.0 Å². The van der Waals surface area contributed by atoms with Gasteiger partial charge in [-0.05, 0) is 43.5 Å². The van der Waals surface area contributed by atoms with E-state index >= 15 is 0 Å². The zero-order valence-electron chi connectivity index (χ0n) is 20.2. The van der Waals surface area contributed by atoms with Crippen molar-refractivity contribution in [1.29, 1.82) is 5.26 Å². The molecule has 0 bridgehead atoms. The Hall–Kier alpha value is -3.72. The van der Waals surface area contributed by atoms with Crippen molar-refractivity contribution in [2.45, 2.75) is 37.2 Å². The van der Waals surface area contributed by atoms with Crippen molar-refractivity contribution < 1.29 is 8.42 Å². The molecule has 0 radical (unpaired) electrons. The maximum atomic E-state index is 13.8. The molecule has 0 saturated carbocycles. The number of nitriles is 1. The molecule has 190 valence electrons. The minimum atomic E-state index is -3.88. The van der Waals surface area contributed by atoms with Gasteiger partial charge in [-0.25, -0.2) is 13.4 Å². The van der Waals surface area contributed by atoms with Gasteiger partial charge in [-0.2, -0.15) is 5.26 Å². The number of nitrogens with two attached hydrogens (primary N) is 1. The number of sulfonamides is 1. The Balaban J connectivity index is 1.63. The fraction of sp³-hybridized carbons (Fsp3) is 0.269. The molecule has 1 saturated heterocycles. The van der Waals surface area contributed by atoms with Crippen molar-refractivity contribution in [2.75, 3.05) is 22.7 Å². The molecule has 9 nitrogen and oxygen atoms in total. The number of fused-ring (bicyclic) bond motifs is 1. The molecule has 4 aromatic rings. The predicted octanol–water partition coefficient (Wildman–Crippen LogP) is 3.41. The SMILES string of the molecule is Cc1ccc(S(=O)(=O)Nc2csc3c(=O)n(Cc4ccccc4C#N)c(N4CCC[C@@H](N)C4)nc23)cc1. The highest BCUT2D eigenvalue weighted by atomic mass is 32.2. The quantitative estimate of drug-likeness (QED) is 0.387. The summed E-state index contributed by atoms with van der Waals surface area (Å²) in [5.41, 5.74) is 8.63. The number of nitrogens with zero attached hydrogens (tertiary/aromatic N) is 4. The number of nitrogens with one attached hydrogen (secondary N) is 1. The second-order valence-electron chi connectivity index (χ2n) is 9.17. The van der Waals surface area contributed by atoms with Crippen molar-refractivity contribution in [3.8, 4) is 6.07 Å². The number of aromatic nitrogens is 2. The normalized spacial score (nSPS) is 16.0. The van der Waals surface area contributed by atoms with Gasteiger partial charge in [0.15, 0.2) is 0 Å². The van der Waals surface area contributed by atoms with Crippen LogP contribution in [0.5, 0.6) is 0 Å². The highest BCUT2D eigenvalue weighted by Crippen LogP contribution is 2.31. The van der Waals surface area contributed by atoms with Crippen molar-refractivity contribution in [1.82, 2.24) is 9.55 Å². The first kappa shape index (κ1) is 25.0. The van der Waals surface area contributed by atoms with Gasteiger partial charge in [-0.1, -0.05) is 35.9 Å². The van der Waals surface area contributed by atoms with Crippen LogP contribution in [-0.4, -0.2) is 37.1 Å². The molecule has 1 fully saturated rings. The molecule has 2 aromatic heterocycles. The van der Waals surface area contributed by atoms with Crippen LogP contribution in [0, 0.1) is 18.3 Å². The maximum absolute atomic E-state index is 13.8. The first-order chi connectivity index (χ1) is 17.8. The Morgan fingerprint density at radius 1 is 1.22 bits per heavy atom. The van der Waals surface area contributed by atoms with Gasteiger partial charge in [0.05, 0.1) is 28.8 Å². The summed E-state index contributed by atoms with van der Waals surface area (Å²) >= 11 is 1.14. The zero-order valence-corrected chi connectivity index (χ0v) is 21.8. The third-order valence-corrected chi connectivity index (χ3v) is 8.78. The van der Waals surface area contributed by atoms with Gasteiger partial charge >= 0.3 is 0 Å². The highest BCUT2D eigenvalue weighted by molar-refractivity contribution is 7.92. The molecule has 1 aliphatic rings. The van der Waals surface area contributed by atoms with E-state index in [0.29, 0.717) is 40.4 Å². The Bertz CT molecular complexity index is 1670. The van der Waals surface area contributed by atoms with Crippen LogP contribution in [0.15, 0.2) is 63.6 Å². The summed E-state index contributed by atoms with van der Waals surface area (Å²) in [6, 6.07) is 15.8. The Morgan fingerprint density at radius 3 is 2.70 bits per heavy atom. The van der Waals surface area contributed by atoms with E-state index in [-0.39, 0.29) is 28.7 Å². The molecule has 1 atom stereocenters. The number of anilines is 2. The zero-order chi connectivity index (χ0) is 26.2. The summed E-state index contributed by atoms with van der Waals surface area (Å²) in [5, 5.41) is 11.2. The molecule has 0 aliphatic carbocycles. The summed E-state index contributed by atoms with van der Waals surface area (Å²) < 4.78 is 30.7. The second kappa shape index (κ2) is 9.97. The van der Waals surface area contributed by atoms with Crippen LogP contribution in [-0.2, 0) is 16.6 Å². The van der Waals surface area contributed by atoms with E-state index in [1.165, 1.54) is 0 Å². The van der Waals surface area contributed by atoms with E-state index in [9.17, 15) is 18.5 Å². The number of rotatable bonds is 6. The molecule has 0 unspecified atom stereocenters. The average molecular weight is 535 g/mol. The van der Waals surface area contributed by atoms with Crippen LogP contribution < -0.4 is 20.9 Å². The van der Waals surface area contributed by atoms with Crippen LogP contribution in [0.25, 0.3) is 10.2 Å². The monoisotopic (exact) mass is 534 g/mol. The molecule has 37 heavy (non-hydrogen) atoms. The topological polar surface area (TPSA) is 134 Å². The average Bonchev–Trinajstić information content (AvgIpc) is 3.28. The Morgan fingerprint density at radius 2 is 1.97 bits per heavy atom. The highest BCUT2D eigenvalue weighted by Gasteiger charge is 2.26. The van der Waals surface area contributed by atoms with E-state index in [4.69, 9.17) is 10.7 Å². The van der Waals surface area contributed by atoms with Crippen molar-refractivity contribution in [2.24, 2.45) is 5.73 Å². The number of piperidine rings is 1. The standard InChI is InChI=1S/C26H26N6O3S2/c1-17-8-10-21(11-9-17)37(34,35)30-22-16-36-24-23(22)29-26(31-12-4-7-20(28)15-31)32(25(24)33)14-19-6-3-2-5-18(19)13-27/h2-3,5-6,8-11,16,20,30H,4,7,12,14-15,28H2,1H3/t20-/m1/s1. The number of thiophene rings is 1. The Labute approximate surface area is 218 Å². The molecule has 5 rings (SSSR count). The van der Waals surface area contributed by atoms with Gasteiger partial charge in [0, 0.05) is 24.5 Å². The third-order valence-electron chi connectivity index (χ3n) is 6.44. The molecular weight excluding hydrogens is 508 g/mol. The molecule has 0 amide bonds. The third kappa shape index (κ3) is 4.96. The van der Waals surface area contributed by atoms with E-state index in [1.54, 1.807) is 46.3 Å². The van der Waals surface area contributed by atoms with Crippen LogP contribution in [0.2, 0.25) is 0 Å². The van der Waals surface area contributed by atoms with Crippen molar-refractivity contribution in [3.63, 3.8) is 0 Å². The largest absolute Gasteiger partial charge is 0.341 e. The number of benzene rings is 2. The molecule has 0 spiro atoms. The molecule has 1 aliphatic heterocycles. The van der Waals surface area contributed by atoms with Gasteiger partial charge in [-0.15, -0.1) is 11.3 Å². The first-order valence-corrected chi connectivity index (χ1v) is 14.2. The van der Waals surface area contributed by atoms with E-state index in [2.05, 4.69) is 10.8 Å². The number of hydrogen-bond donors (Lipinski definition) is 2. The van der Waals surface area contributed by atoms with Gasteiger partial charge in [-0.3, -0.25) is 14.1 Å². The summed E-state index contributed by atoms with van der Waals surface area (Å²) in [6.07, 6.45) is 1.72. The molecule has 3 heterocycles. The lowest BCUT2D eigenvalue weighted by molar-refractivity contribution is 0.492. The second-order valence-corrected chi connectivity index (χ2v) is 11.7. The summed E-state index contributed by atoms with van der Waals surface area (Å²) in [7, 11) is -3.88. The van der Waals surface area contributed by atoms with Gasteiger partial charge < -0.3 is 10.6 Å². The van der Waals surface area contributed by atoms with Crippen LogP contribution in [0.4, 0.5) is 11.6 Å². The van der Waals surface area contributed by atoms with Gasteiger partial charge in [0.1, 0.15) is 10.2 Å². The lowest BCUT2D eigenvalue weighted by Gasteiger charge is -2.33. The lowest BCUT2D eigenvalue weighted by Crippen LogP contribution is -2.45. The summed E-state index contributed by atoms with van der Waals surface area (Å²) in [5.74, 6) is 0.412. The van der Waals surface area contributed by atoms with E-state index in [1.807, 2.05) is 24.0 Å². The predicted molar refractivity (Wildman–Crippen MR) is 146 cm³/mol. The van der Waals surface area contributed by atoms with Gasteiger partial charge in [0.25, 0.3) is 15.6 Å². The van der Waals surface area contributed by atoms with Crippen LogP contribution in [0.1, 0.15) is 29.5 Å². The summed E-state index contributed by atoms with van der Waals surface area (Å²) in [4.78, 5) is 20.7. The van der Waals surface area contributed by atoms with Crippen molar-refractivity contribution >= 4 is 43.2 Å². The first-order valence-electron chi connectivity index (χ1n) is 11.9. The fourth-order valence-electron chi connectivity index (χ4n) is 4.49. The molecular formula is C26H26N6O3S2. The Kier molecular flexibility index (Phi) is 6.72. The molecule has 11 heteroatoms. The van der Waals surface area contributed by atoms with E-state index in [0.717, 1.165) is 29.7 Å². The number of hydrogen-bond acceptors (Lipinski definition) is 8. The minimum Gasteiger partial charge on any atom is -0.341 e. The van der Waals surface area contributed by atoms with Crippen molar-refractivity contribution in [3.05, 3.63) is 81.0 Å². The minimum absolute atomic E-state index is 0.0665. The van der Waals surface area contributed by atoms with Crippen LogP contribution >= 0.6 is 11.3 Å². The molecule has 3 N–H and O–H groups in total. The molecule has 2 aromatic carbocycles. The van der Waals surface area contributed by atoms with Crippen LogP contribution in [0.3, 0.4) is 0 Å². The number of aryl methyl sites for hydroxylation is 1. The summed E-state index contributed by atoms with van der Waals surface area (Å²) in [6.45, 7) is 3.23. The lowest BCUT2D eigenvalue weighted by atomic mass is 10.1. The van der Waals surface area contributed by atoms with Gasteiger partial charge in [0.2, 0.25) is 5.95 Å². The smallest absolute Gasteiger partial charge is 0.273 e. The maximum Gasteiger partial charge on any atom is 0.273 e. The fourth-order valence-corrected chi connectivity index (χ4v) is 6.51.